The lowest BCUT2D eigenvalue weighted by Crippen LogP contribution is -2.30. The highest BCUT2D eigenvalue weighted by molar-refractivity contribution is 5.83. The molecule has 0 aromatic carbocycles. The molecule has 0 amide bonds. The summed E-state index contributed by atoms with van der Waals surface area (Å²) in [7, 11) is 1.63. The summed E-state index contributed by atoms with van der Waals surface area (Å²) in [6, 6.07) is -0.372. The minimum Gasteiger partial charge on any atom is -0.385 e. The Morgan fingerprint density at radius 3 is 2.92 bits per heavy atom. The van der Waals surface area contributed by atoms with Crippen molar-refractivity contribution in [2.45, 2.75) is 31.7 Å². The molecular formula is C10H17NO2. The molecule has 0 rings (SSSR count). The highest BCUT2D eigenvalue weighted by Gasteiger charge is 2.11. The first kappa shape index (κ1) is 12.2. The van der Waals surface area contributed by atoms with Gasteiger partial charge < -0.3 is 10.5 Å². The summed E-state index contributed by atoms with van der Waals surface area (Å²) in [5.41, 5.74) is 5.63. The van der Waals surface area contributed by atoms with Crippen LogP contribution in [0.3, 0.4) is 0 Å². The molecule has 0 aliphatic rings. The van der Waals surface area contributed by atoms with Gasteiger partial charge in [0.2, 0.25) is 0 Å². The molecule has 74 valence electrons. The van der Waals surface area contributed by atoms with E-state index in [0.717, 1.165) is 6.42 Å². The van der Waals surface area contributed by atoms with Gasteiger partial charge in [-0.15, -0.1) is 12.3 Å². The Bertz CT molecular complexity index is 184. The number of ether oxygens (including phenoxy) is 1. The molecule has 13 heavy (non-hydrogen) atoms. The third-order valence-electron chi connectivity index (χ3n) is 1.79. The fourth-order valence-corrected chi connectivity index (χ4v) is 0.989. The lowest BCUT2D eigenvalue weighted by molar-refractivity contribution is -0.120. The molecule has 0 spiro atoms. The number of terminal acetylenes is 1. The van der Waals surface area contributed by atoms with Crippen LogP contribution in [0.1, 0.15) is 25.7 Å². The molecule has 0 saturated carbocycles. The maximum absolute atomic E-state index is 11.2. The van der Waals surface area contributed by atoms with Crippen LogP contribution in [0.2, 0.25) is 0 Å². The second-order valence-electron chi connectivity index (χ2n) is 2.91. The van der Waals surface area contributed by atoms with Crippen LogP contribution in [0, 0.1) is 12.3 Å². The SMILES string of the molecule is C#CCCC(=O)C(N)CCCOC. The van der Waals surface area contributed by atoms with E-state index in [1.165, 1.54) is 0 Å². The van der Waals surface area contributed by atoms with E-state index < -0.39 is 0 Å². The van der Waals surface area contributed by atoms with Crippen molar-refractivity contribution in [1.29, 1.82) is 0 Å². The third kappa shape index (κ3) is 6.32. The first-order chi connectivity index (χ1) is 6.22. The quantitative estimate of drug-likeness (QED) is 0.467. The van der Waals surface area contributed by atoms with E-state index in [-0.39, 0.29) is 11.8 Å². The summed E-state index contributed by atoms with van der Waals surface area (Å²) in [6.07, 6.45) is 7.41. The number of carbonyl (C=O) groups is 1. The van der Waals surface area contributed by atoms with E-state index in [4.69, 9.17) is 16.9 Å². The van der Waals surface area contributed by atoms with Crippen LogP contribution in [0.5, 0.6) is 0 Å². The molecule has 0 fully saturated rings. The molecule has 0 aromatic rings. The average Bonchev–Trinajstić information content (AvgIpc) is 2.14. The summed E-state index contributed by atoms with van der Waals surface area (Å²) in [5.74, 6) is 2.47. The van der Waals surface area contributed by atoms with Crippen LogP contribution in [-0.4, -0.2) is 25.5 Å². The van der Waals surface area contributed by atoms with Crippen molar-refractivity contribution in [2.75, 3.05) is 13.7 Å². The molecular weight excluding hydrogens is 166 g/mol. The summed E-state index contributed by atoms with van der Waals surface area (Å²) in [4.78, 5) is 11.2. The molecule has 1 atom stereocenters. The van der Waals surface area contributed by atoms with Crippen molar-refractivity contribution in [3.63, 3.8) is 0 Å². The van der Waals surface area contributed by atoms with E-state index in [2.05, 4.69) is 5.92 Å². The second kappa shape index (κ2) is 7.78. The van der Waals surface area contributed by atoms with Gasteiger partial charge in [-0.1, -0.05) is 0 Å². The van der Waals surface area contributed by atoms with E-state index in [0.29, 0.717) is 25.9 Å². The minimum absolute atomic E-state index is 0.0500. The minimum atomic E-state index is -0.372. The molecule has 0 radical (unpaired) electrons. The summed E-state index contributed by atoms with van der Waals surface area (Å²) in [5, 5.41) is 0. The number of methoxy groups -OCH3 is 1. The first-order valence-electron chi connectivity index (χ1n) is 4.43. The summed E-state index contributed by atoms with van der Waals surface area (Å²) in [6.45, 7) is 0.649. The number of ketones is 1. The summed E-state index contributed by atoms with van der Waals surface area (Å²) >= 11 is 0. The zero-order valence-electron chi connectivity index (χ0n) is 8.08. The van der Waals surface area contributed by atoms with Gasteiger partial charge in [-0.3, -0.25) is 4.79 Å². The normalized spacial score (nSPS) is 12.1. The van der Waals surface area contributed by atoms with Gasteiger partial charge in [0.25, 0.3) is 0 Å². The van der Waals surface area contributed by atoms with Crippen LogP contribution in [-0.2, 0) is 9.53 Å². The van der Waals surface area contributed by atoms with Gasteiger partial charge in [0.15, 0.2) is 0 Å². The third-order valence-corrected chi connectivity index (χ3v) is 1.79. The van der Waals surface area contributed by atoms with Crippen LogP contribution < -0.4 is 5.73 Å². The Morgan fingerprint density at radius 1 is 1.69 bits per heavy atom. The standard InChI is InChI=1S/C10H17NO2/c1-3-4-7-10(12)9(11)6-5-8-13-2/h1,9H,4-8,11H2,2H3. The topological polar surface area (TPSA) is 52.3 Å². The highest BCUT2D eigenvalue weighted by atomic mass is 16.5. The van der Waals surface area contributed by atoms with Gasteiger partial charge in [0, 0.05) is 26.6 Å². The van der Waals surface area contributed by atoms with Crippen LogP contribution in [0.15, 0.2) is 0 Å². The van der Waals surface area contributed by atoms with Gasteiger partial charge in [0.05, 0.1) is 6.04 Å². The lowest BCUT2D eigenvalue weighted by atomic mass is 10.0. The van der Waals surface area contributed by atoms with Crippen molar-refractivity contribution in [2.24, 2.45) is 5.73 Å². The molecule has 0 saturated heterocycles. The molecule has 3 heteroatoms. The Kier molecular flexibility index (Phi) is 7.27. The maximum atomic E-state index is 11.2. The maximum Gasteiger partial charge on any atom is 0.150 e. The largest absolute Gasteiger partial charge is 0.385 e. The molecule has 0 heterocycles. The van der Waals surface area contributed by atoms with Crippen molar-refractivity contribution in [3.8, 4) is 12.3 Å². The van der Waals surface area contributed by atoms with Crippen LogP contribution in [0.25, 0.3) is 0 Å². The molecule has 0 aliphatic carbocycles. The number of rotatable bonds is 7. The number of carbonyl (C=O) groups excluding carboxylic acids is 1. The number of hydrogen-bond acceptors (Lipinski definition) is 3. The molecule has 0 aromatic heterocycles. The molecule has 2 N–H and O–H groups in total. The lowest BCUT2D eigenvalue weighted by Gasteiger charge is -2.08. The monoisotopic (exact) mass is 183 g/mol. The van der Waals surface area contributed by atoms with Crippen LogP contribution in [0.4, 0.5) is 0 Å². The van der Waals surface area contributed by atoms with Gasteiger partial charge >= 0.3 is 0 Å². The Labute approximate surface area is 79.6 Å². The van der Waals surface area contributed by atoms with E-state index in [9.17, 15) is 4.79 Å². The van der Waals surface area contributed by atoms with E-state index in [1.54, 1.807) is 7.11 Å². The predicted molar refractivity (Wildman–Crippen MR) is 52.2 cm³/mol. The molecule has 0 bridgehead atoms. The fraction of sp³-hybridized carbons (Fsp3) is 0.700. The van der Waals surface area contributed by atoms with E-state index >= 15 is 0 Å². The highest BCUT2D eigenvalue weighted by Crippen LogP contribution is 2.00. The van der Waals surface area contributed by atoms with Crippen LogP contribution >= 0.6 is 0 Å². The second-order valence-corrected chi connectivity index (χ2v) is 2.91. The van der Waals surface area contributed by atoms with Crippen molar-refractivity contribution < 1.29 is 9.53 Å². The first-order valence-corrected chi connectivity index (χ1v) is 4.43. The number of hydrogen-bond donors (Lipinski definition) is 1. The van der Waals surface area contributed by atoms with Crippen molar-refractivity contribution in [1.82, 2.24) is 0 Å². The van der Waals surface area contributed by atoms with E-state index in [1.807, 2.05) is 0 Å². The Morgan fingerprint density at radius 2 is 2.38 bits per heavy atom. The zero-order chi connectivity index (χ0) is 10.1. The van der Waals surface area contributed by atoms with Crippen molar-refractivity contribution >= 4 is 5.78 Å². The van der Waals surface area contributed by atoms with Gasteiger partial charge in [-0.25, -0.2) is 0 Å². The fourth-order valence-electron chi connectivity index (χ4n) is 0.989. The van der Waals surface area contributed by atoms with Gasteiger partial charge in [-0.05, 0) is 12.8 Å². The average molecular weight is 183 g/mol. The Hall–Kier alpha value is -0.850. The van der Waals surface area contributed by atoms with Gasteiger partial charge in [0.1, 0.15) is 5.78 Å². The predicted octanol–water partition coefficient (Wildman–Crippen LogP) is 0.723. The molecule has 1 unspecified atom stereocenters. The molecule has 3 nitrogen and oxygen atoms in total. The smallest absolute Gasteiger partial charge is 0.150 e. The number of Topliss-reactive ketones (excluding diaryl/α,β-unsaturated/α-hetero) is 1. The Balaban J connectivity index is 3.52. The zero-order valence-corrected chi connectivity index (χ0v) is 8.08. The molecule has 0 aliphatic heterocycles. The van der Waals surface area contributed by atoms with Crippen molar-refractivity contribution in [3.05, 3.63) is 0 Å². The number of nitrogens with two attached hydrogens (primary N) is 1. The van der Waals surface area contributed by atoms with Gasteiger partial charge in [-0.2, -0.15) is 0 Å². The summed E-state index contributed by atoms with van der Waals surface area (Å²) < 4.78 is 4.85.